The first kappa shape index (κ1) is 12.3. The molecule has 1 saturated heterocycles. The van der Waals surface area contributed by atoms with Crippen molar-refractivity contribution < 1.29 is 14.4 Å². The summed E-state index contributed by atoms with van der Waals surface area (Å²) in [6.07, 6.45) is 2.19. The van der Waals surface area contributed by atoms with E-state index in [1.54, 1.807) is 13.2 Å². The zero-order chi connectivity index (χ0) is 13.4. The van der Waals surface area contributed by atoms with Gasteiger partial charge in [0.2, 0.25) is 11.8 Å². The number of hydrogen-bond acceptors (Lipinski definition) is 4. The number of carbonyl (C=O) groups excluding carboxylic acids is 3. The maximum atomic E-state index is 12.0. The Balaban J connectivity index is 2.45. The second kappa shape index (κ2) is 4.25. The van der Waals surface area contributed by atoms with Gasteiger partial charge in [-0.25, -0.2) is 9.69 Å². The highest BCUT2D eigenvalue weighted by molar-refractivity contribution is 6.27. The molecular weight excluding hydrogens is 236 g/mol. The van der Waals surface area contributed by atoms with E-state index in [1.165, 1.54) is 11.6 Å². The van der Waals surface area contributed by atoms with Crippen molar-refractivity contribution in [2.75, 3.05) is 4.90 Å². The highest BCUT2D eigenvalue weighted by Crippen LogP contribution is 2.24. The summed E-state index contributed by atoms with van der Waals surface area (Å²) >= 11 is 0. The van der Waals surface area contributed by atoms with Crippen LogP contribution in [0, 0.1) is 5.92 Å². The Kier molecular flexibility index (Phi) is 2.90. The number of anilines is 1. The van der Waals surface area contributed by atoms with Gasteiger partial charge in [-0.1, -0.05) is 6.92 Å². The Labute approximate surface area is 104 Å². The van der Waals surface area contributed by atoms with Crippen molar-refractivity contribution in [1.29, 1.82) is 0 Å². The van der Waals surface area contributed by atoms with Crippen LogP contribution in [0.5, 0.6) is 0 Å². The van der Waals surface area contributed by atoms with E-state index in [4.69, 9.17) is 0 Å². The molecule has 1 aliphatic rings. The number of carbonyl (C=O) groups is 3. The molecule has 18 heavy (non-hydrogen) atoms. The van der Waals surface area contributed by atoms with Crippen LogP contribution in [0.15, 0.2) is 6.20 Å². The molecule has 1 N–H and O–H groups in total. The molecule has 4 amide bonds. The number of rotatable bonds is 2. The zero-order valence-corrected chi connectivity index (χ0v) is 10.4. The van der Waals surface area contributed by atoms with Crippen molar-refractivity contribution in [1.82, 2.24) is 15.1 Å². The molecule has 0 saturated carbocycles. The fraction of sp³-hybridized carbons (Fsp3) is 0.455. The summed E-state index contributed by atoms with van der Waals surface area (Å²) < 4.78 is 1.54. The monoisotopic (exact) mass is 250 g/mol. The standard InChI is InChI=1S/C11H14N4O3/c1-4-7-8(5-14(3)13-7)15-10(17)6(2)9(16)12-11(15)18/h5-6H,4H2,1-3H3,(H,12,16,18). The van der Waals surface area contributed by atoms with Crippen molar-refractivity contribution in [2.45, 2.75) is 20.3 Å². The van der Waals surface area contributed by atoms with Crippen molar-refractivity contribution >= 4 is 23.5 Å². The van der Waals surface area contributed by atoms with E-state index in [1.807, 2.05) is 6.92 Å². The first-order valence-corrected chi connectivity index (χ1v) is 5.67. The molecule has 7 heteroatoms. The lowest BCUT2D eigenvalue weighted by Crippen LogP contribution is -2.57. The van der Waals surface area contributed by atoms with Crippen molar-refractivity contribution in [3.63, 3.8) is 0 Å². The first-order valence-electron chi connectivity index (χ1n) is 5.67. The summed E-state index contributed by atoms with van der Waals surface area (Å²) in [6.45, 7) is 3.35. The Morgan fingerprint density at radius 1 is 1.39 bits per heavy atom. The van der Waals surface area contributed by atoms with Crippen LogP contribution in [0.25, 0.3) is 0 Å². The minimum Gasteiger partial charge on any atom is -0.277 e. The molecule has 1 unspecified atom stereocenters. The third kappa shape index (κ3) is 1.77. The Hall–Kier alpha value is -2.18. The molecule has 0 bridgehead atoms. The maximum absolute atomic E-state index is 12.0. The van der Waals surface area contributed by atoms with E-state index >= 15 is 0 Å². The Morgan fingerprint density at radius 3 is 2.67 bits per heavy atom. The summed E-state index contributed by atoms with van der Waals surface area (Å²) in [7, 11) is 1.71. The van der Waals surface area contributed by atoms with Crippen LogP contribution in [0.3, 0.4) is 0 Å². The summed E-state index contributed by atoms with van der Waals surface area (Å²) in [4.78, 5) is 36.1. The van der Waals surface area contributed by atoms with Gasteiger partial charge >= 0.3 is 6.03 Å². The van der Waals surface area contributed by atoms with Crippen LogP contribution < -0.4 is 10.2 Å². The van der Waals surface area contributed by atoms with E-state index < -0.39 is 23.8 Å². The Bertz CT molecular complexity index is 534. The van der Waals surface area contributed by atoms with Crippen LogP contribution in [0.2, 0.25) is 0 Å². The van der Waals surface area contributed by atoms with Crippen molar-refractivity contribution in [2.24, 2.45) is 13.0 Å². The maximum Gasteiger partial charge on any atom is 0.335 e. The number of imide groups is 2. The number of aromatic nitrogens is 2. The van der Waals surface area contributed by atoms with E-state index in [-0.39, 0.29) is 0 Å². The molecule has 0 spiro atoms. The fourth-order valence-corrected chi connectivity index (χ4v) is 1.86. The van der Waals surface area contributed by atoms with Gasteiger partial charge in [0.25, 0.3) is 0 Å². The fourth-order valence-electron chi connectivity index (χ4n) is 1.86. The van der Waals surface area contributed by atoms with Gasteiger partial charge in [-0.3, -0.25) is 19.6 Å². The summed E-state index contributed by atoms with van der Waals surface area (Å²) in [6, 6.07) is -0.717. The highest BCUT2D eigenvalue weighted by Gasteiger charge is 2.39. The van der Waals surface area contributed by atoms with Crippen molar-refractivity contribution in [3.8, 4) is 0 Å². The van der Waals surface area contributed by atoms with Crippen LogP contribution >= 0.6 is 0 Å². The summed E-state index contributed by atoms with van der Waals surface area (Å²) in [5.74, 6) is -1.96. The lowest BCUT2D eigenvalue weighted by molar-refractivity contribution is -0.133. The van der Waals surface area contributed by atoms with Gasteiger partial charge in [0, 0.05) is 13.2 Å². The van der Waals surface area contributed by atoms with E-state index in [0.29, 0.717) is 17.8 Å². The lowest BCUT2D eigenvalue weighted by atomic mass is 10.1. The topological polar surface area (TPSA) is 84.3 Å². The van der Waals surface area contributed by atoms with Gasteiger partial charge in [0.05, 0.1) is 11.4 Å². The molecule has 0 aliphatic carbocycles. The molecule has 0 aromatic carbocycles. The van der Waals surface area contributed by atoms with Gasteiger partial charge in [0.1, 0.15) is 5.92 Å². The predicted octanol–water partition coefficient (Wildman–Crippen LogP) is 0.201. The molecule has 2 heterocycles. The number of urea groups is 1. The third-order valence-corrected chi connectivity index (χ3v) is 2.88. The zero-order valence-electron chi connectivity index (χ0n) is 10.4. The van der Waals surface area contributed by atoms with Crippen LogP contribution in [0.4, 0.5) is 10.5 Å². The number of amides is 4. The van der Waals surface area contributed by atoms with E-state index in [2.05, 4.69) is 10.4 Å². The predicted molar refractivity (Wildman–Crippen MR) is 62.8 cm³/mol. The highest BCUT2D eigenvalue weighted by atomic mass is 16.2. The molecule has 96 valence electrons. The lowest BCUT2D eigenvalue weighted by Gasteiger charge is -2.27. The Morgan fingerprint density at radius 2 is 2.06 bits per heavy atom. The van der Waals surface area contributed by atoms with Gasteiger partial charge in [-0.15, -0.1) is 0 Å². The minimum atomic E-state index is -0.868. The smallest absolute Gasteiger partial charge is 0.277 e. The third-order valence-electron chi connectivity index (χ3n) is 2.88. The quantitative estimate of drug-likeness (QED) is 0.760. The molecule has 1 atom stereocenters. The normalized spacial score (nSPS) is 20.3. The van der Waals surface area contributed by atoms with Crippen LogP contribution in [-0.2, 0) is 23.1 Å². The van der Waals surface area contributed by atoms with Crippen LogP contribution in [0.1, 0.15) is 19.5 Å². The summed E-state index contributed by atoms with van der Waals surface area (Å²) in [5.41, 5.74) is 1.07. The molecule has 0 radical (unpaired) electrons. The average Bonchev–Trinajstić information content (AvgIpc) is 2.67. The molecule has 1 fully saturated rings. The number of aryl methyl sites for hydroxylation is 2. The van der Waals surface area contributed by atoms with Crippen molar-refractivity contribution in [3.05, 3.63) is 11.9 Å². The second-order valence-corrected chi connectivity index (χ2v) is 4.18. The molecule has 7 nitrogen and oxygen atoms in total. The largest absolute Gasteiger partial charge is 0.335 e. The second-order valence-electron chi connectivity index (χ2n) is 4.18. The number of barbiturate groups is 1. The SMILES string of the molecule is CCc1nn(C)cc1N1C(=O)NC(=O)C(C)C1=O. The molecule has 1 aromatic rings. The van der Waals surface area contributed by atoms with Gasteiger partial charge in [-0.2, -0.15) is 5.10 Å². The number of nitrogens with one attached hydrogen (secondary N) is 1. The van der Waals surface area contributed by atoms with E-state index in [0.717, 1.165) is 4.90 Å². The summed E-state index contributed by atoms with van der Waals surface area (Å²) in [5, 5.41) is 6.33. The van der Waals surface area contributed by atoms with E-state index in [9.17, 15) is 14.4 Å². The molecule has 1 aromatic heterocycles. The van der Waals surface area contributed by atoms with Gasteiger partial charge < -0.3 is 0 Å². The van der Waals surface area contributed by atoms with Gasteiger partial charge in [0.15, 0.2) is 0 Å². The average molecular weight is 250 g/mol. The number of nitrogens with zero attached hydrogens (tertiary/aromatic N) is 3. The van der Waals surface area contributed by atoms with Gasteiger partial charge in [-0.05, 0) is 13.3 Å². The first-order chi connectivity index (χ1) is 8.45. The van der Waals surface area contributed by atoms with Crippen LogP contribution in [-0.4, -0.2) is 27.6 Å². The molecule has 2 rings (SSSR count). The molecule has 1 aliphatic heterocycles. The molecular formula is C11H14N4O3. The minimum absolute atomic E-state index is 0.432. The number of hydrogen-bond donors (Lipinski definition) is 1.